The second kappa shape index (κ2) is 20.2. The maximum absolute atomic E-state index is 11.1. The number of carbonyl (C=O) groups is 1. The molecule has 0 aromatic carbocycles. The van der Waals surface area contributed by atoms with Crippen LogP contribution >= 0.6 is 0 Å². The molecule has 1 N–H and O–H groups in total. The Balaban J connectivity index is 0.000000136. The normalized spacial score (nSPS) is 10.3. The zero-order valence-corrected chi connectivity index (χ0v) is 32.3. The van der Waals surface area contributed by atoms with Gasteiger partial charge in [0.05, 0.1) is 74.9 Å². The Kier molecular flexibility index (Phi) is 13.5. The summed E-state index contributed by atoms with van der Waals surface area (Å²) in [7, 11) is 0. The zero-order valence-electron chi connectivity index (χ0n) is 32.3. The highest BCUT2D eigenvalue weighted by Crippen LogP contribution is 2.25. The minimum absolute atomic E-state index is 0.0395. The van der Waals surface area contributed by atoms with Crippen LogP contribution in [0.4, 0.5) is 0 Å². The van der Waals surface area contributed by atoms with Crippen LogP contribution in [0.2, 0.25) is 0 Å². The Morgan fingerprint density at radius 2 is 0.650 bits per heavy atom. The number of hydrogen-bond donors (Lipinski definition) is 1. The smallest absolute Gasteiger partial charge is 0.150 e. The molecule has 0 spiro atoms. The number of aromatic nitrogens is 9. The van der Waals surface area contributed by atoms with Crippen LogP contribution in [0, 0.1) is 0 Å². The van der Waals surface area contributed by atoms with Crippen molar-refractivity contribution in [2.75, 3.05) is 0 Å². The van der Waals surface area contributed by atoms with Gasteiger partial charge in [-0.25, -0.2) is 15.0 Å². The third-order valence-corrected chi connectivity index (χ3v) is 8.70. The van der Waals surface area contributed by atoms with Crippen molar-refractivity contribution in [2.24, 2.45) is 0 Å². The van der Waals surface area contributed by atoms with E-state index >= 15 is 0 Å². The molecular formula is C49H37N9O2. The Bertz CT molecular complexity index is 2460. The van der Waals surface area contributed by atoms with E-state index in [2.05, 4.69) is 51.4 Å². The van der Waals surface area contributed by atoms with E-state index in [1.165, 1.54) is 0 Å². The van der Waals surface area contributed by atoms with Gasteiger partial charge in [-0.2, -0.15) is 0 Å². The van der Waals surface area contributed by atoms with Crippen LogP contribution in [0.15, 0.2) is 189 Å². The second-order valence-electron chi connectivity index (χ2n) is 12.9. The highest BCUT2D eigenvalue weighted by Gasteiger charge is 2.10. The average molecular weight is 784 g/mol. The van der Waals surface area contributed by atoms with Crippen LogP contribution < -0.4 is 0 Å². The lowest BCUT2D eigenvalue weighted by atomic mass is 10.1. The molecule has 0 saturated carbocycles. The van der Waals surface area contributed by atoms with Crippen LogP contribution in [0.1, 0.15) is 21.5 Å². The van der Waals surface area contributed by atoms with Crippen molar-refractivity contribution >= 4 is 12.4 Å². The molecule has 11 heteroatoms. The molecule has 9 heterocycles. The summed E-state index contributed by atoms with van der Waals surface area (Å²) in [5.74, 6) is 0. The molecule has 0 radical (unpaired) electrons. The van der Waals surface area contributed by atoms with Gasteiger partial charge in [-0.05, 0) is 120 Å². The van der Waals surface area contributed by atoms with Crippen molar-refractivity contribution in [1.29, 1.82) is 0 Å². The van der Waals surface area contributed by atoms with Crippen LogP contribution in [-0.2, 0) is 6.61 Å². The highest BCUT2D eigenvalue weighted by molar-refractivity contribution is 5.80. The third kappa shape index (κ3) is 10.6. The predicted octanol–water partition coefficient (Wildman–Crippen LogP) is 9.56. The largest absolute Gasteiger partial charge is 0.392 e. The molecule has 0 saturated heterocycles. The molecule has 9 aromatic rings. The molecule has 11 nitrogen and oxygen atoms in total. The first kappa shape index (κ1) is 39.9. The van der Waals surface area contributed by atoms with Crippen molar-refractivity contribution in [3.8, 4) is 68.3 Å². The van der Waals surface area contributed by atoms with Gasteiger partial charge >= 0.3 is 0 Å². The summed E-state index contributed by atoms with van der Waals surface area (Å²) in [6, 6.07) is 45.2. The first-order chi connectivity index (χ1) is 29.6. The van der Waals surface area contributed by atoms with E-state index in [1.54, 1.807) is 55.4 Å². The van der Waals surface area contributed by atoms with Gasteiger partial charge in [0.15, 0.2) is 0 Å². The predicted molar refractivity (Wildman–Crippen MR) is 233 cm³/mol. The lowest BCUT2D eigenvalue weighted by molar-refractivity contribution is 0.112. The maximum Gasteiger partial charge on any atom is 0.150 e. The molecule has 0 aliphatic heterocycles. The summed E-state index contributed by atoms with van der Waals surface area (Å²) in [5, 5.41) is 9.41. The number of rotatable bonds is 9. The molecule has 0 fully saturated rings. The molecule has 9 aromatic heterocycles. The SMILES string of the molecule is C=Cc1cc(-c2ccccn2)nc(-c2ccccn2)c1.O=Cc1cc(-c2ccccn2)nc(-c2ccccn2)c1.OCc1cc(-c2ccccn2)nc(-c2ccccn2)c1. The van der Waals surface area contributed by atoms with Gasteiger partial charge in [0.2, 0.25) is 0 Å². The quantitative estimate of drug-likeness (QED) is 0.139. The van der Waals surface area contributed by atoms with Crippen LogP contribution in [-0.4, -0.2) is 56.2 Å². The standard InChI is InChI=1S/C17H13N3.C16H13N3O.C16H11N3O/c1-2-13-11-16(14-7-3-5-9-18-14)20-17(12-13)15-8-4-6-10-19-15;2*20-11-12-9-15(13-5-1-3-7-17-13)19-16(10-12)14-6-2-4-8-18-14/h2-12H,1H2;1-10,20H,11H2;1-11H. The number of pyridine rings is 9. The number of hydrogen-bond acceptors (Lipinski definition) is 11. The molecule has 9 rings (SSSR count). The summed E-state index contributed by atoms with van der Waals surface area (Å²) < 4.78 is 0. The van der Waals surface area contributed by atoms with E-state index in [0.29, 0.717) is 17.0 Å². The molecular weight excluding hydrogens is 747 g/mol. The summed E-state index contributed by atoms with van der Waals surface area (Å²) in [6.45, 7) is 3.79. The van der Waals surface area contributed by atoms with Crippen LogP contribution in [0.5, 0.6) is 0 Å². The van der Waals surface area contributed by atoms with E-state index in [9.17, 15) is 9.90 Å². The van der Waals surface area contributed by atoms with Crippen molar-refractivity contribution in [3.63, 3.8) is 0 Å². The minimum Gasteiger partial charge on any atom is -0.392 e. The number of nitrogens with zero attached hydrogens (tertiary/aromatic N) is 9. The van der Waals surface area contributed by atoms with E-state index in [0.717, 1.165) is 74.4 Å². The molecule has 0 atom stereocenters. The monoisotopic (exact) mass is 783 g/mol. The van der Waals surface area contributed by atoms with Gasteiger partial charge in [0.1, 0.15) is 6.29 Å². The Labute approximate surface area is 347 Å². The molecule has 0 bridgehead atoms. The highest BCUT2D eigenvalue weighted by atomic mass is 16.3. The van der Waals surface area contributed by atoms with Crippen molar-refractivity contribution in [2.45, 2.75) is 6.61 Å². The van der Waals surface area contributed by atoms with Crippen molar-refractivity contribution < 1.29 is 9.90 Å². The third-order valence-electron chi connectivity index (χ3n) is 8.70. The van der Waals surface area contributed by atoms with Gasteiger partial charge in [-0.3, -0.25) is 34.7 Å². The average Bonchev–Trinajstić information content (AvgIpc) is 3.35. The summed E-state index contributed by atoms with van der Waals surface area (Å²) in [6.07, 6.45) is 13.0. The number of aliphatic hydroxyl groups excluding tert-OH is 1. The summed E-state index contributed by atoms with van der Waals surface area (Å²) >= 11 is 0. The first-order valence-corrected chi connectivity index (χ1v) is 18.8. The van der Waals surface area contributed by atoms with E-state index in [1.807, 2.05) is 133 Å². The van der Waals surface area contributed by atoms with Gasteiger partial charge in [-0.1, -0.05) is 49.1 Å². The van der Waals surface area contributed by atoms with Crippen molar-refractivity contribution in [1.82, 2.24) is 44.9 Å². The summed E-state index contributed by atoms with van der Waals surface area (Å²) in [5.41, 5.74) is 11.5. The van der Waals surface area contributed by atoms with Crippen LogP contribution in [0.25, 0.3) is 74.4 Å². The van der Waals surface area contributed by atoms with Gasteiger partial charge in [-0.15, -0.1) is 0 Å². The van der Waals surface area contributed by atoms with Gasteiger partial charge in [0, 0.05) is 42.7 Å². The van der Waals surface area contributed by atoms with Gasteiger partial charge < -0.3 is 5.11 Å². The fourth-order valence-electron chi connectivity index (χ4n) is 5.84. The molecule has 0 unspecified atom stereocenters. The molecule has 0 aliphatic carbocycles. The lowest BCUT2D eigenvalue weighted by Crippen LogP contribution is -1.95. The summed E-state index contributed by atoms with van der Waals surface area (Å²) in [4.78, 5) is 50.7. The first-order valence-electron chi connectivity index (χ1n) is 18.8. The Morgan fingerprint density at radius 1 is 0.383 bits per heavy atom. The maximum atomic E-state index is 11.1. The lowest BCUT2D eigenvalue weighted by Gasteiger charge is -2.07. The second-order valence-corrected chi connectivity index (χ2v) is 12.9. The fraction of sp³-hybridized carbons (Fsp3) is 0.0204. The molecule has 0 amide bonds. The van der Waals surface area contributed by atoms with Crippen molar-refractivity contribution in [3.05, 3.63) is 206 Å². The Hall–Kier alpha value is -8.28. The Morgan fingerprint density at radius 3 is 0.867 bits per heavy atom. The fourth-order valence-corrected chi connectivity index (χ4v) is 5.84. The molecule has 290 valence electrons. The number of carbonyl (C=O) groups excluding carboxylic acids is 1. The topological polar surface area (TPSA) is 153 Å². The molecule has 0 aliphatic rings. The van der Waals surface area contributed by atoms with Crippen LogP contribution in [0.3, 0.4) is 0 Å². The zero-order chi connectivity index (χ0) is 41.4. The minimum atomic E-state index is -0.0395. The van der Waals surface area contributed by atoms with E-state index < -0.39 is 0 Å². The number of aldehydes is 1. The number of aliphatic hydroxyl groups is 1. The van der Waals surface area contributed by atoms with Gasteiger partial charge in [0.25, 0.3) is 0 Å². The molecule has 60 heavy (non-hydrogen) atoms. The van der Waals surface area contributed by atoms with E-state index in [4.69, 9.17) is 0 Å². The van der Waals surface area contributed by atoms with E-state index in [-0.39, 0.29) is 6.61 Å².